The fourth-order valence-electron chi connectivity index (χ4n) is 3.48. The molecule has 4 heterocycles. The molecule has 132 valence electrons. The van der Waals surface area contributed by atoms with E-state index in [0.29, 0.717) is 12.6 Å². The van der Waals surface area contributed by atoms with E-state index in [4.69, 9.17) is 0 Å². The Morgan fingerprint density at radius 2 is 2.44 bits per heavy atom. The van der Waals surface area contributed by atoms with Crippen molar-refractivity contribution in [2.24, 2.45) is 0 Å². The van der Waals surface area contributed by atoms with Crippen LogP contribution in [0.25, 0.3) is 11.0 Å². The number of hydrogen-bond donors (Lipinski definition) is 3. The molecule has 1 unspecified atom stereocenters. The number of fused-ring (bicyclic) bond motifs is 1. The van der Waals surface area contributed by atoms with Crippen molar-refractivity contribution in [2.45, 2.75) is 25.8 Å². The number of pyridine rings is 1. The number of carbonyl (C=O) groups is 1. The molecule has 1 saturated heterocycles. The summed E-state index contributed by atoms with van der Waals surface area (Å²) in [5.74, 6) is 0.924. The predicted molar refractivity (Wildman–Crippen MR) is 103 cm³/mol. The Morgan fingerprint density at radius 3 is 3.28 bits per heavy atom. The summed E-state index contributed by atoms with van der Waals surface area (Å²) in [5.41, 5.74) is 3.16. The van der Waals surface area contributed by atoms with Crippen molar-refractivity contribution in [2.75, 3.05) is 30.3 Å². The van der Waals surface area contributed by atoms with Gasteiger partial charge in [-0.3, -0.25) is 4.79 Å². The quantitative estimate of drug-likeness (QED) is 0.782. The Kier molecular flexibility index (Phi) is 4.67. The summed E-state index contributed by atoms with van der Waals surface area (Å²) >= 11 is 1.63. The van der Waals surface area contributed by atoms with E-state index in [2.05, 4.69) is 32.4 Å². The van der Waals surface area contributed by atoms with Gasteiger partial charge in [-0.25, -0.2) is 4.98 Å². The molecule has 3 N–H and O–H groups in total. The summed E-state index contributed by atoms with van der Waals surface area (Å²) in [4.78, 5) is 23.1. The van der Waals surface area contributed by atoms with Gasteiger partial charge in [0.05, 0.1) is 10.6 Å². The Morgan fingerprint density at radius 1 is 1.52 bits per heavy atom. The Balaban J connectivity index is 1.53. The van der Waals surface area contributed by atoms with Crippen LogP contribution >= 0.6 is 11.8 Å². The lowest BCUT2D eigenvalue weighted by Gasteiger charge is -2.27. The first-order chi connectivity index (χ1) is 12.2. The number of aromatic amines is 1. The molecule has 6 nitrogen and oxygen atoms in total. The molecule has 2 aliphatic rings. The minimum Gasteiger partial charge on any atom is -0.350 e. The van der Waals surface area contributed by atoms with Gasteiger partial charge in [0.2, 0.25) is 0 Å². The van der Waals surface area contributed by atoms with Gasteiger partial charge in [-0.05, 0) is 37.9 Å². The molecule has 2 aliphatic heterocycles. The van der Waals surface area contributed by atoms with Gasteiger partial charge in [0.25, 0.3) is 5.91 Å². The number of nitrogens with zero attached hydrogens (tertiary/aromatic N) is 2. The second-order valence-corrected chi connectivity index (χ2v) is 7.70. The largest absolute Gasteiger partial charge is 0.350 e. The number of thioether (sulfide) groups is 1. The van der Waals surface area contributed by atoms with Crippen LogP contribution in [-0.4, -0.2) is 47.3 Å². The third-order valence-electron chi connectivity index (χ3n) is 4.82. The van der Waals surface area contributed by atoms with Crippen molar-refractivity contribution < 1.29 is 4.79 Å². The molecule has 1 amide bonds. The van der Waals surface area contributed by atoms with Crippen LogP contribution in [-0.2, 0) is 4.79 Å². The zero-order valence-electron chi connectivity index (χ0n) is 14.3. The highest BCUT2D eigenvalue weighted by Gasteiger charge is 2.21. The molecule has 0 radical (unpaired) electrons. The van der Waals surface area contributed by atoms with Crippen LogP contribution in [0.3, 0.4) is 0 Å². The minimum absolute atomic E-state index is 0.0273. The predicted octanol–water partition coefficient (Wildman–Crippen LogP) is 2.13. The van der Waals surface area contributed by atoms with E-state index in [1.54, 1.807) is 11.8 Å². The maximum atomic E-state index is 12.5. The number of H-pyrrole nitrogens is 1. The summed E-state index contributed by atoms with van der Waals surface area (Å²) in [5, 5.41) is 7.61. The second kappa shape index (κ2) is 7.09. The highest BCUT2D eigenvalue weighted by atomic mass is 32.2. The summed E-state index contributed by atoms with van der Waals surface area (Å²) in [7, 11) is 0. The van der Waals surface area contributed by atoms with Crippen LogP contribution in [0, 0.1) is 6.92 Å². The van der Waals surface area contributed by atoms with Crippen molar-refractivity contribution >= 4 is 34.4 Å². The first-order valence-electron chi connectivity index (χ1n) is 8.78. The number of amides is 1. The Hall–Kier alpha value is -1.99. The average molecular weight is 357 g/mol. The minimum atomic E-state index is 0.0273. The molecule has 0 bridgehead atoms. The van der Waals surface area contributed by atoms with Crippen LogP contribution in [0.5, 0.6) is 0 Å². The van der Waals surface area contributed by atoms with Crippen molar-refractivity contribution in [3.05, 3.63) is 35.1 Å². The first-order valence-corrected chi connectivity index (χ1v) is 9.76. The molecular weight excluding hydrogens is 334 g/mol. The van der Waals surface area contributed by atoms with Gasteiger partial charge in [-0.2, -0.15) is 0 Å². The molecule has 0 aliphatic carbocycles. The highest BCUT2D eigenvalue weighted by molar-refractivity contribution is 8.04. The fourth-order valence-corrected chi connectivity index (χ4v) is 4.40. The second-order valence-electron chi connectivity index (χ2n) is 6.56. The smallest absolute Gasteiger partial charge is 0.259 e. The van der Waals surface area contributed by atoms with E-state index in [1.165, 1.54) is 12.0 Å². The maximum Gasteiger partial charge on any atom is 0.259 e. The molecule has 2 aromatic rings. The monoisotopic (exact) mass is 357 g/mol. The summed E-state index contributed by atoms with van der Waals surface area (Å²) in [6, 6.07) is 2.43. The van der Waals surface area contributed by atoms with Gasteiger partial charge in [0, 0.05) is 48.9 Å². The third kappa shape index (κ3) is 3.39. The molecule has 0 aromatic carbocycles. The molecule has 7 heteroatoms. The van der Waals surface area contributed by atoms with E-state index < -0.39 is 0 Å². The van der Waals surface area contributed by atoms with E-state index in [1.807, 2.05) is 24.7 Å². The van der Waals surface area contributed by atoms with Gasteiger partial charge in [-0.15, -0.1) is 11.8 Å². The number of nitrogens with one attached hydrogen (secondary N) is 3. The standard InChI is InChI=1S/C18H23N5OS/c1-12-9-21-17-16(12)14(4-6-20-17)23-7-8-25-15(11-23)18(24)22-10-13-3-2-5-19-13/h4,6,9,11,13,19H,2-3,5,7-8,10H2,1H3,(H,20,21)(H,22,24). The van der Waals surface area contributed by atoms with Crippen molar-refractivity contribution in [3.8, 4) is 0 Å². The van der Waals surface area contributed by atoms with E-state index >= 15 is 0 Å². The first kappa shape index (κ1) is 16.5. The molecule has 0 saturated carbocycles. The lowest BCUT2D eigenvalue weighted by molar-refractivity contribution is -0.116. The Bertz CT molecular complexity index is 809. The van der Waals surface area contributed by atoms with Crippen molar-refractivity contribution in [3.63, 3.8) is 0 Å². The third-order valence-corrected chi connectivity index (χ3v) is 5.80. The zero-order valence-corrected chi connectivity index (χ0v) is 15.2. The van der Waals surface area contributed by atoms with Gasteiger partial charge in [0.1, 0.15) is 5.65 Å². The number of carbonyl (C=O) groups excluding carboxylic acids is 1. The lowest BCUT2D eigenvalue weighted by Crippen LogP contribution is -2.38. The molecule has 1 fully saturated rings. The topological polar surface area (TPSA) is 73.0 Å². The summed E-state index contributed by atoms with van der Waals surface area (Å²) in [6.07, 6.45) is 8.10. The highest BCUT2D eigenvalue weighted by Crippen LogP contribution is 2.32. The lowest BCUT2D eigenvalue weighted by atomic mass is 10.2. The van der Waals surface area contributed by atoms with E-state index in [0.717, 1.165) is 46.9 Å². The SMILES string of the molecule is Cc1c[nH]c2nccc(N3C=C(C(=O)NCC4CCCN4)SCC3)c12. The zero-order chi connectivity index (χ0) is 17.2. The number of rotatable bonds is 4. The van der Waals surface area contributed by atoms with Gasteiger partial charge in [-0.1, -0.05) is 0 Å². The van der Waals surface area contributed by atoms with Crippen molar-refractivity contribution in [1.29, 1.82) is 0 Å². The average Bonchev–Trinajstić information content (AvgIpc) is 3.30. The molecule has 4 rings (SSSR count). The number of aromatic nitrogens is 2. The van der Waals surface area contributed by atoms with Crippen LogP contribution in [0.1, 0.15) is 18.4 Å². The number of anilines is 1. The number of hydrogen-bond acceptors (Lipinski definition) is 5. The van der Waals surface area contributed by atoms with Crippen LogP contribution < -0.4 is 15.5 Å². The van der Waals surface area contributed by atoms with Gasteiger partial charge >= 0.3 is 0 Å². The van der Waals surface area contributed by atoms with E-state index in [-0.39, 0.29) is 5.91 Å². The van der Waals surface area contributed by atoms with Crippen molar-refractivity contribution in [1.82, 2.24) is 20.6 Å². The molecule has 2 aromatic heterocycles. The molecule has 0 spiro atoms. The summed E-state index contributed by atoms with van der Waals surface area (Å²) < 4.78 is 0. The van der Waals surface area contributed by atoms with Gasteiger partial charge < -0.3 is 20.5 Å². The number of aryl methyl sites for hydroxylation is 1. The van der Waals surface area contributed by atoms with Crippen LogP contribution in [0.4, 0.5) is 5.69 Å². The van der Waals surface area contributed by atoms with Gasteiger partial charge in [0.15, 0.2) is 0 Å². The van der Waals surface area contributed by atoms with Crippen LogP contribution in [0.2, 0.25) is 0 Å². The molecule has 1 atom stereocenters. The molecular formula is C18H23N5OS. The van der Waals surface area contributed by atoms with E-state index in [9.17, 15) is 4.79 Å². The molecule has 25 heavy (non-hydrogen) atoms. The fraction of sp³-hybridized carbons (Fsp3) is 0.444. The normalized spacial score (nSPS) is 20.8. The van der Waals surface area contributed by atoms with Crippen LogP contribution in [0.15, 0.2) is 29.6 Å². The Labute approximate surface area is 151 Å². The maximum absolute atomic E-state index is 12.5. The summed E-state index contributed by atoms with van der Waals surface area (Å²) in [6.45, 7) is 4.72.